The number of aliphatic hydroxyl groups excluding tert-OH is 1. The van der Waals surface area contributed by atoms with Crippen molar-refractivity contribution in [2.45, 2.75) is 26.2 Å². The molecule has 142 valence electrons. The summed E-state index contributed by atoms with van der Waals surface area (Å²) in [5.74, 6) is 0.809. The van der Waals surface area contributed by atoms with Crippen LogP contribution in [0.3, 0.4) is 0 Å². The molecular formula is C19H23BrCl2N2O2. The van der Waals surface area contributed by atoms with Gasteiger partial charge in [-0.15, -0.1) is 0 Å². The molecule has 0 unspecified atom stereocenters. The summed E-state index contributed by atoms with van der Waals surface area (Å²) >= 11 is 15.6. The van der Waals surface area contributed by atoms with Crippen LogP contribution in [-0.2, 0) is 13.2 Å². The predicted molar refractivity (Wildman–Crippen MR) is 111 cm³/mol. The van der Waals surface area contributed by atoms with E-state index in [9.17, 15) is 5.11 Å². The maximum Gasteiger partial charge on any atom is 0.124 e. The Balaban J connectivity index is 1.90. The zero-order valence-corrected chi connectivity index (χ0v) is 17.7. The Bertz CT molecular complexity index is 714. The molecule has 1 atom stereocenters. The van der Waals surface area contributed by atoms with Crippen molar-refractivity contribution in [3.8, 4) is 5.75 Å². The molecule has 0 aromatic heterocycles. The van der Waals surface area contributed by atoms with Gasteiger partial charge in [-0.2, -0.15) is 0 Å². The molecule has 0 heterocycles. The van der Waals surface area contributed by atoms with Gasteiger partial charge in [-0.3, -0.25) is 0 Å². The van der Waals surface area contributed by atoms with Crippen LogP contribution in [0, 0.1) is 0 Å². The van der Waals surface area contributed by atoms with E-state index in [1.165, 1.54) is 0 Å². The molecule has 0 spiro atoms. The van der Waals surface area contributed by atoms with Gasteiger partial charge in [0.05, 0.1) is 6.10 Å². The average Bonchev–Trinajstić information content (AvgIpc) is 2.58. The molecule has 0 radical (unpaired) electrons. The molecule has 3 N–H and O–H groups in total. The van der Waals surface area contributed by atoms with E-state index in [0.29, 0.717) is 29.7 Å². The number of halogens is 3. The van der Waals surface area contributed by atoms with E-state index in [0.717, 1.165) is 34.4 Å². The van der Waals surface area contributed by atoms with Crippen molar-refractivity contribution in [2.24, 2.45) is 0 Å². The number of nitrogens with one attached hydrogen (secondary N) is 2. The summed E-state index contributed by atoms with van der Waals surface area (Å²) in [4.78, 5) is 0. The van der Waals surface area contributed by atoms with Gasteiger partial charge >= 0.3 is 0 Å². The smallest absolute Gasteiger partial charge is 0.124 e. The molecule has 0 aliphatic rings. The molecule has 0 saturated carbocycles. The van der Waals surface area contributed by atoms with Crippen LogP contribution in [0.2, 0.25) is 10.0 Å². The van der Waals surface area contributed by atoms with E-state index in [1.807, 2.05) is 24.3 Å². The monoisotopic (exact) mass is 460 g/mol. The van der Waals surface area contributed by atoms with Crippen LogP contribution in [0.1, 0.15) is 18.1 Å². The topological polar surface area (TPSA) is 53.5 Å². The minimum atomic E-state index is -0.334. The average molecular weight is 462 g/mol. The Morgan fingerprint density at radius 1 is 1.08 bits per heavy atom. The van der Waals surface area contributed by atoms with E-state index in [2.05, 4.69) is 26.6 Å². The summed E-state index contributed by atoms with van der Waals surface area (Å²) in [7, 11) is 0. The Labute approximate surface area is 173 Å². The zero-order chi connectivity index (χ0) is 18.9. The first-order chi connectivity index (χ1) is 12.5. The van der Waals surface area contributed by atoms with Crippen molar-refractivity contribution in [3.05, 3.63) is 62.0 Å². The normalized spacial score (nSPS) is 12.2. The molecule has 26 heavy (non-hydrogen) atoms. The summed E-state index contributed by atoms with van der Waals surface area (Å²) in [6, 6.07) is 11.3. The van der Waals surface area contributed by atoms with Gasteiger partial charge in [0.15, 0.2) is 0 Å². The Morgan fingerprint density at radius 3 is 2.58 bits per heavy atom. The van der Waals surface area contributed by atoms with Crippen LogP contribution in [0.5, 0.6) is 5.75 Å². The summed E-state index contributed by atoms with van der Waals surface area (Å²) in [5.41, 5.74) is 1.94. The lowest BCUT2D eigenvalue weighted by Crippen LogP contribution is -2.31. The van der Waals surface area contributed by atoms with Gasteiger partial charge in [0.1, 0.15) is 12.4 Å². The van der Waals surface area contributed by atoms with E-state index in [-0.39, 0.29) is 6.10 Å². The third-order valence-corrected chi connectivity index (χ3v) is 4.73. The fourth-order valence-electron chi connectivity index (χ4n) is 2.33. The van der Waals surface area contributed by atoms with Crippen molar-refractivity contribution in [1.82, 2.24) is 10.6 Å². The van der Waals surface area contributed by atoms with Crippen LogP contribution in [0.15, 0.2) is 40.9 Å². The minimum Gasteiger partial charge on any atom is -0.489 e. The number of rotatable bonds is 10. The minimum absolute atomic E-state index is 0.334. The quantitative estimate of drug-likeness (QED) is 0.459. The van der Waals surface area contributed by atoms with Gasteiger partial charge in [-0.05, 0) is 37.3 Å². The van der Waals surface area contributed by atoms with Crippen molar-refractivity contribution in [2.75, 3.05) is 19.6 Å². The fraction of sp³-hybridized carbons (Fsp3) is 0.368. The third kappa shape index (κ3) is 7.43. The molecular weight excluding hydrogens is 439 g/mol. The second-order valence-electron chi connectivity index (χ2n) is 6.01. The lowest BCUT2D eigenvalue weighted by Gasteiger charge is -2.14. The van der Waals surface area contributed by atoms with Gasteiger partial charge in [0.25, 0.3) is 0 Å². The highest BCUT2D eigenvalue weighted by Gasteiger charge is 2.07. The van der Waals surface area contributed by atoms with E-state index < -0.39 is 0 Å². The Kier molecular flexibility index (Phi) is 9.19. The highest BCUT2D eigenvalue weighted by Crippen LogP contribution is 2.26. The van der Waals surface area contributed by atoms with Gasteiger partial charge in [-0.1, -0.05) is 45.2 Å². The number of benzene rings is 2. The van der Waals surface area contributed by atoms with Crippen molar-refractivity contribution < 1.29 is 9.84 Å². The van der Waals surface area contributed by atoms with Crippen LogP contribution in [0.4, 0.5) is 0 Å². The molecule has 2 aromatic carbocycles. The van der Waals surface area contributed by atoms with Crippen LogP contribution < -0.4 is 15.4 Å². The SMILES string of the molecule is C[C@H](O)CNCCNCc1cc(Br)ccc1OCc1ccc(Cl)cc1Cl. The van der Waals surface area contributed by atoms with E-state index in [4.69, 9.17) is 27.9 Å². The van der Waals surface area contributed by atoms with Crippen LogP contribution in [0.25, 0.3) is 0 Å². The molecule has 0 amide bonds. The number of hydrogen-bond donors (Lipinski definition) is 3. The maximum absolute atomic E-state index is 9.22. The lowest BCUT2D eigenvalue weighted by molar-refractivity contribution is 0.191. The highest BCUT2D eigenvalue weighted by molar-refractivity contribution is 9.10. The summed E-state index contributed by atoms with van der Waals surface area (Å²) in [6.45, 7) is 4.99. The lowest BCUT2D eigenvalue weighted by atomic mass is 10.2. The van der Waals surface area contributed by atoms with Crippen LogP contribution >= 0.6 is 39.1 Å². The summed E-state index contributed by atoms with van der Waals surface area (Å²) in [5, 5.41) is 17.0. The standard InChI is InChI=1S/C19H23BrCl2N2O2/c1-13(25)10-23-6-7-24-11-15-8-16(20)3-5-19(15)26-12-14-2-4-17(21)9-18(14)22/h2-5,8-9,13,23-25H,6-7,10-12H2,1H3/t13-/m0/s1. The molecule has 0 saturated heterocycles. The Morgan fingerprint density at radius 2 is 1.85 bits per heavy atom. The second-order valence-corrected chi connectivity index (χ2v) is 7.77. The van der Waals surface area contributed by atoms with Crippen molar-refractivity contribution in [1.29, 1.82) is 0 Å². The van der Waals surface area contributed by atoms with Gasteiger partial charge in [0, 0.05) is 51.8 Å². The number of aliphatic hydroxyl groups is 1. The van der Waals surface area contributed by atoms with Crippen LogP contribution in [-0.4, -0.2) is 30.8 Å². The molecule has 0 bridgehead atoms. The molecule has 0 fully saturated rings. The predicted octanol–water partition coefficient (Wildman–Crippen LogP) is 4.39. The highest BCUT2D eigenvalue weighted by atomic mass is 79.9. The van der Waals surface area contributed by atoms with Crippen molar-refractivity contribution in [3.63, 3.8) is 0 Å². The number of hydrogen-bond acceptors (Lipinski definition) is 4. The van der Waals surface area contributed by atoms with Gasteiger partial charge in [-0.25, -0.2) is 0 Å². The third-order valence-electron chi connectivity index (χ3n) is 3.65. The molecule has 0 aliphatic carbocycles. The first-order valence-corrected chi connectivity index (χ1v) is 9.95. The van der Waals surface area contributed by atoms with Gasteiger partial charge in [0.2, 0.25) is 0 Å². The zero-order valence-electron chi connectivity index (χ0n) is 14.6. The molecule has 0 aliphatic heterocycles. The second kappa shape index (κ2) is 11.1. The van der Waals surface area contributed by atoms with E-state index >= 15 is 0 Å². The number of ether oxygens (including phenoxy) is 1. The maximum atomic E-state index is 9.22. The first kappa shape index (κ1) is 21.5. The largest absolute Gasteiger partial charge is 0.489 e. The van der Waals surface area contributed by atoms with E-state index in [1.54, 1.807) is 19.1 Å². The molecule has 2 aromatic rings. The fourth-order valence-corrected chi connectivity index (χ4v) is 3.20. The first-order valence-electron chi connectivity index (χ1n) is 8.40. The summed E-state index contributed by atoms with van der Waals surface area (Å²) < 4.78 is 6.97. The molecule has 4 nitrogen and oxygen atoms in total. The molecule has 7 heteroatoms. The Hall–Kier alpha value is -0.820. The summed E-state index contributed by atoms with van der Waals surface area (Å²) in [6.07, 6.45) is -0.334. The molecule has 2 rings (SSSR count). The van der Waals surface area contributed by atoms with Gasteiger partial charge < -0.3 is 20.5 Å². The van der Waals surface area contributed by atoms with Crippen molar-refractivity contribution >= 4 is 39.1 Å².